The standard InChI is InChI=1S/C13H25NO/c1-2-13-5-3-4-8-14(13)11-12-6-9-15-10-7-12/h12-13H,2-11H2,1H3/t13-/m0/s1. The maximum absolute atomic E-state index is 5.42. The molecule has 0 spiro atoms. The van der Waals surface area contributed by atoms with Gasteiger partial charge < -0.3 is 9.64 Å². The van der Waals surface area contributed by atoms with Crippen molar-refractivity contribution in [2.75, 3.05) is 26.3 Å². The van der Waals surface area contributed by atoms with E-state index >= 15 is 0 Å². The van der Waals surface area contributed by atoms with Gasteiger partial charge in [-0.1, -0.05) is 13.3 Å². The van der Waals surface area contributed by atoms with E-state index < -0.39 is 0 Å². The molecule has 2 saturated heterocycles. The lowest BCUT2D eigenvalue weighted by atomic mass is 9.94. The van der Waals surface area contributed by atoms with Crippen LogP contribution in [0.4, 0.5) is 0 Å². The Labute approximate surface area is 94.0 Å². The normalized spacial score (nSPS) is 30.6. The second-order valence-electron chi connectivity index (χ2n) is 5.11. The highest BCUT2D eigenvalue weighted by Gasteiger charge is 2.24. The summed E-state index contributed by atoms with van der Waals surface area (Å²) in [6.07, 6.45) is 8.20. The zero-order chi connectivity index (χ0) is 10.5. The third-order valence-corrected chi connectivity index (χ3v) is 4.05. The average Bonchev–Trinajstić information content (AvgIpc) is 2.31. The van der Waals surface area contributed by atoms with Gasteiger partial charge in [-0.2, -0.15) is 0 Å². The summed E-state index contributed by atoms with van der Waals surface area (Å²) in [7, 11) is 0. The number of piperidine rings is 1. The van der Waals surface area contributed by atoms with Crippen LogP contribution in [0.25, 0.3) is 0 Å². The molecule has 88 valence electrons. The lowest BCUT2D eigenvalue weighted by molar-refractivity contribution is 0.0379. The first-order chi connectivity index (χ1) is 7.40. The van der Waals surface area contributed by atoms with Gasteiger partial charge >= 0.3 is 0 Å². The summed E-state index contributed by atoms with van der Waals surface area (Å²) in [5.41, 5.74) is 0. The second kappa shape index (κ2) is 5.86. The number of hydrogen-bond donors (Lipinski definition) is 0. The summed E-state index contributed by atoms with van der Waals surface area (Å²) in [5, 5.41) is 0. The molecule has 1 atom stereocenters. The van der Waals surface area contributed by atoms with Gasteiger partial charge in [-0.15, -0.1) is 0 Å². The minimum atomic E-state index is 0.876. The molecule has 0 aliphatic carbocycles. The molecule has 2 fully saturated rings. The van der Waals surface area contributed by atoms with Crippen molar-refractivity contribution in [3.05, 3.63) is 0 Å². The molecule has 0 aromatic carbocycles. The van der Waals surface area contributed by atoms with Crippen LogP contribution in [0.2, 0.25) is 0 Å². The van der Waals surface area contributed by atoms with Crippen molar-refractivity contribution >= 4 is 0 Å². The van der Waals surface area contributed by atoms with Gasteiger partial charge in [0.25, 0.3) is 0 Å². The smallest absolute Gasteiger partial charge is 0.0469 e. The Hall–Kier alpha value is -0.0800. The zero-order valence-corrected chi connectivity index (χ0v) is 10.1. The quantitative estimate of drug-likeness (QED) is 0.711. The molecule has 2 heteroatoms. The van der Waals surface area contributed by atoms with Crippen LogP contribution in [0.15, 0.2) is 0 Å². The van der Waals surface area contributed by atoms with Gasteiger partial charge in [0.05, 0.1) is 0 Å². The molecule has 0 unspecified atom stereocenters. The number of rotatable bonds is 3. The van der Waals surface area contributed by atoms with Crippen molar-refractivity contribution in [3.63, 3.8) is 0 Å². The SMILES string of the molecule is CC[C@H]1CCCCN1CC1CCOCC1. The molecular weight excluding hydrogens is 186 g/mol. The van der Waals surface area contributed by atoms with Gasteiger partial charge in [0.1, 0.15) is 0 Å². The molecule has 15 heavy (non-hydrogen) atoms. The number of hydrogen-bond acceptors (Lipinski definition) is 2. The Morgan fingerprint density at radius 3 is 2.67 bits per heavy atom. The first kappa shape index (κ1) is 11.4. The molecule has 2 aliphatic heterocycles. The minimum Gasteiger partial charge on any atom is -0.381 e. The molecule has 0 aromatic heterocycles. The molecule has 2 nitrogen and oxygen atoms in total. The van der Waals surface area contributed by atoms with Crippen molar-refractivity contribution in [2.24, 2.45) is 5.92 Å². The van der Waals surface area contributed by atoms with E-state index in [1.54, 1.807) is 0 Å². The predicted octanol–water partition coefficient (Wildman–Crippen LogP) is 2.68. The Morgan fingerprint density at radius 2 is 1.93 bits per heavy atom. The van der Waals surface area contributed by atoms with Gasteiger partial charge in [-0.3, -0.25) is 0 Å². The Kier molecular flexibility index (Phi) is 4.45. The Bertz CT molecular complexity index is 177. The summed E-state index contributed by atoms with van der Waals surface area (Å²) in [6.45, 7) is 7.01. The first-order valence-corrected chi connectivity index (χ1v) is 6.72. The molecule has 0 amide bonds. The zero-order valence-electron chi connectivity index (χ0n) is 10.1. The van der Waals surface area contributed by atoms with Crippen LogP contribution in [-0.2, 0) is 4.74 Å². The van der Waals surface area contributed by atoms with Crippen LogP contribution in [0.1, 0.15) is 45.4 Å². The van der Waals surface area contributed by atoms with Crippen molar-refractivity contribution in [1.29, 1.82) is 0 Å². The molecule has 0 saturated carbocycles. The van der Waals surface area contributed by atoms with Crippen molar-refractivity contribution in [2.45, 2.75) is 51.5 Å². The minimum absolute atomic E-state index is 0.876. The Morgan fingerprint density at radius 1 is 1.13 bits per heavy atom. The molecule has 0 bridgehead atoms. The fourth-order valence-corrected chi connectivity index (χ4v) is 3.02. The number of likely N-dealkylation sites (tertiary alicyclic amines) is 1. The topological polar surface area (TPSA) is 12.5 Å². The van der Waals surface area contributed by atoms with E-state index in [0.717, 1.165) is 25.2 Å². The van der Waals surface area contributed by atoms with E-state index in [-0.39, 0.29) is 0 Å². The summed E-state index contributed by atoms with van der Waals surface area (Å²) in [6, 6.07) is 0.876. The fraction of sp³-hybridized carbons (Fsp3) is 1.00. The summed E-state index contributed by atoms with van der Waals surface area (Å²) in [4.78, 5) is 2.75. The van der Waals surface area contributed by atoms with E-state index in [9.17, 15) is 0 Å². The van der Waals surface area contributed by atoms with Crippen molar-refractivity contribution in [1.82, 2.24) is 4.90 Å². The first-order valence-electron chi connectivity index (χ1n) is 6.72. The van der Waals surface area contributed by atoms with Crippen molar-refractivity contribution in [3.8, 4) is 0 Å². The van der Waals surface area contributed by atoms with Gasteiger partial charge in [-0.05, 0) is 44.6 Å². The average molecular weight is 211 g/mol. The lowest BCUT2D eigenvalue weighted by Gasteiger charge is -2.38. The molecule has 2 aliphatic rings. The maximum Gasteiger partial charge on any atom is 0.0469 e. The monoisotopic (exact) mass is 211 g/mol. The molecule has 0 aromatic rings. The molecule has 2 heterocycles. The third-order valence-electron chi connectivity index (χ3n) is 4.05. The lowest BCUT2D eigenvalue weighted by Crippen LogP contribution is -2.42. The van der Waals surface area contributed by atoms with Gasteiger partial charge in [0, 0.05) is 25.8 Å². The van der Waals surface area contributed by atoms with Crippen LogP contribution >= 0.6 is 0 Å². The fourth-order valence-electron chi connectivity index (χ4n) is 3.02. The van der Waals surface area contributed by atoms with Crippen LogP contribution in [-0.4, -0.2) is 37.2 Å². The molecule has 0 N–H and O–H groups in total. The van der Waals surface area contributed by atoms with E-state index in [4.69, 9.17) is 4.74 Å². The molecule has 2 rings (SSSR count). The van der Waals surface area contributed by atoms with E-state index in [1.807, 2.05) is 0 Å². The highest BCUT2D eigenvalue weighted by molar-refractivity contribution is 4.78. The van der Waals surface area contributed by atoms with Gasteiger partial charge in [0.15, 0.2) is 0 Å². The highest BCUT2D eigenvalue weighted by Crippen LogP contribution is 2.23. The van der Waals surface area contributed by atoms with Gasteiger partial charge in [-0.25, -0.2) is 0 Å². The third kappa shape index (κ3) is 3.18. The summed E-state index contributed by atoms with van der Waals surface area (Å²) in [5.74, 6) is 0.908. The van der Waals surface area contributed by atoms with E-state index in [1.165, 1.54) is 51.6 Å². The van der Waals surface area contributed by atoms with Crippen LogP contribution in [0, 0.1) is 5.92 Å². The van der Waals surface area contributed by atoms with Crippen molar-refractivity contribution < 1.29 is 4.74 Å². The van der Waals surface area contributed by atoms with Crippen LogP contribution in [0.3, 0.4) is 0 Å². The largest absolute Gasteiger partial charge is 0.381 e. The predicted molar refractivity (Wildman–Crippen MR) is 63.0 cm³/mol. The van der Waals surface area contributed by atoms with Crippen LogP contribution < -0.4 is 0 Å². The number of ether oxygens (including phenoxy) is 1. The van der Waals surface area contributed by atoms with E-state index in [0.29, 0.717) is 0 Å². The second-order valence-corrected chi connectivity index (χ2v) is 5.11. The van der Waals surface area contributed by atoms with Gasteiger partial charge in [0.2, 0.25) is 0 Å². The van der Waals surface area contributed by atoms with Crippen LogP contribution in [0.5, 0.6) is 0 Å². The number of nitrogens with zero attached hydrogens (tertiary/aromatic N) is 1. The summed E-state index contributed by atoms with van der Waals surface area (Å²) >= 11 is 0. The van der Waals surface area contributed by atoms with E-state index in [2.05, 4.69) is 11.8 Å². The maximum atomic E-state index is 5.42. The summed E-state index contributed by atoms with van der Waals surface area (Å²) < 4.78 is 5.42. The molecular formula is C13H25NO. The molecule has 0 radical (unpaired) electrons. The Balaban J connectivity index is 1.79. The highest BCUT2D eigenvalue weighted by atomic mass is 16.5.